The lowest BCUT2D eigenvalue weighted by atomic mass is 9.99. The number of hydrogen-bond donors (Lipinski definition) is 1. The third-order valence-corrected chi connectivity index (χ3v) is 4.13. The molecule has 1 aromatic carbocycles. The van der Waals surface area contributed by atoms with Gasteiger partial charge in [0.15, 0.2) is 0 Å². The minimum absolute atomic E-state index is 0.257. The molecule has 0 radical (unpaired) electrons. The molecule has 1 aromatic rings. The van der Waals surface area contributed by atoms with Gasteiger partial charge in [-0.15, -0.1) is 11.8 Å². The average molecular weight is 273 g/mol. The Morgan fingerprint density at radius 1 is 1.59 bits per heavy atom. The van der Waals surface area contributed by atoms with Crippen molar-refractivity contribution in [3.05, 3.63) is 34.3 Å². The van der Waals surface area contributed by atoms with E-state index in [1.165, 1.54) is 11.8 Å². The fourth-order valence-corrected chi connectivity index (χ4v) is 3.19. The van der Waals surface area contributed by atoms with E-state index in [9.17, 15) is 9.90 Å². The highest BCUT2D eigenvalue weighted by atomic mass is 35.5. The lowest BCUT2D eigenvalue weighted by molar-refractivity contribution is -0.142. The van der Waals surface area contributed by atoms with Crippen LogP contribution < -0.4 is 0 Å². The lowest BCUT2D eigenvalue weighted by Gasteiger charge is -2.27. The molecule has 0 fully saturated rings. The van der Waals surface area contributed by atoms with Crippen LogP contribution in [0.4, 0.5) is 0 Å². The van der Waals surface area contributed by atoms with Crippen LogP contribution in [0.1, 0.15) is 29.4 Å². The van der Waals surface area contributed by atoms with Crippen LogP contribution in [0.2, 0.25) is 5.02 Å². The first kappa shape index (κ1) is 12.7. The van der Waals surface area contributed by atoms with Gasteiger partial charge in [0.1, 0.15) is 5.25 Å². The van der Waals surface area contributed by atoms with Crippen LogP contribution in [-0.2, 0) is 9.53 Å². The van der Waals surface area contributed by atoms with E-state index >= 15 is 0 Å². The molecule has 0 saturated carbocycles. The lowest BCUT2D eigenvalue weighted by Crippen LogP contribution is -2.21. The predicted molar refractivity (Wildman–Crippen MR) is 68.2 cm³/mol. The first-order valence-corrected chi connectivity index (χ1v) is 6.81. The standard InChI is InChI=1S/C12H13ClO3S/c1-2-16-12(15)11-8-4-3-7(13)5-9(8)10(14)6-17-11/h3-5,10-11,14H,2,6H2,1H3. The molecule has 2 atom stereocenters. The molecule has 3 nitrogen and oxygen atoms in total. The molecule has 0 aromatic heterocycles. The van der Waals surface area contributed by atoms with E-state index in [0.29, 0.717) is 17.4 Å². The van der Waals surface area contributed by atoms with E-state index in [4.69, 9.17) is 16.3 Å². The summed E-state index contributed by atoms with van der Waals surface area (Å²) in [6, 6.07) is 5.23. The number of aliphatic hydroxyl groups is 1. The van der Waals surface area contributed by atoms with Crippen LogP contribution in [0.25, 0.3) is 0 Å². The van der Waals surface area contributed by atoms with E-state index in [1.807, 2.05) is 0 Å². The molecule has 92 valence electrons. The van der Waals surface area contributed by atoms with Crippen molar-refractivity contribution in [3.63, 3.8) is 0 Å². The maximum atomic E-state index is 11.8. The Morgan fingerprint density at radius 2 is 2.35 bits per heavy atom. The topological polar surface area (TPSA) is 46.5 Å². The normalized spacial score (nSPS) is 23.0. The van der Waals surface area contributed by atoms with Gasteiger partial charge < -0.3 is 9.84 Å². The number of thioether (sulfide) groups is 1. The summed E-state index contributed by atoms with van der Waals surface area (Å²) in [6.07, 6.45) is -0.570. The van der Waals surface area contributed by atoms with Crippen molar-refractivity contribution in [2.75, 3.05) is 12.4 Å². The number of carbonyl (C=O) groups is 1. The van der Waals surface area contributed by atoms with Crippen LogP contribution in [0.3, 0.4) is 0 Å². The molecule has 0 amide bonds. The summed E-state index contributed by atoms with van der Waals surface area (Å²) >= 11 is 7.30. The molecule has 0 spiro atoms. The largest absolute Gasteiger partial charge is 0.465 e. The number of benzene rings is 1. The van der Waals surface area contributed by atoms with Crippen molar-refractivity contribution in [2.24, 2.45) is 0 Å². The number of halogens is 1. The SMILES string of the molecule is CCOC(=O)C1SCC(O)c2cc(Cl)ccc21. The number of ether oxygens (including phenoxy) is 1. The summed E-state index contributed by atoms with van der Waals surface area (Å²) in [6.45, 7) is 2.14. The molecule has 0 aliphatic carbocycles. The van der Waals surface area contributed by atoms with Crippen LogP contribution in [0.5, 0.6) is 0 Å². The molecule has 1 aliphatic heterocycles. The highest BCUT2D eigenvalue weighted by Gasteiger charge is 2.32. The number of rotatable bonds is 2. The summed E-state index contributed by atoms with van der Waals surface area (Å²) < 4.78 is 5.03. The minimum Gasteiger partial charge on any atom is -0.465 e. The van der Waals surface area contributed by atoms with Gasteiger partial charge in [-0.1, -0.05) is 17.7 Å². The predicted octanol–water partition coefficient (Wildman–Crippen LogP) is 2.72. The molecule has 17 heavy (non-hydrogen) atoms. The van der Waals surface area contributed by atoms with Crippen molar-refractivity contribution < 1.29 is 14.6 Å². The van der Waals surface area contributed by atoms with Gasteiger partial charge in [-0.05, 0) is 30.2 Å². The summed E-state index contributed by atoms with van der Waals surface area (Å²) in [5, 5.41) is 10.1. The second kappa shape index (κ2) is 5.29. The quantitative estimate of drug-likeness (QED) is 0.841. The Bertz CT molecular complexity index is 436. The number of carbonyl (C=O) groups excluding carboxylic acids is 1. The number of hydrogen-bond acceptors (Lipinski definition) is 4. The zero-order valence-corrected chi connectivity index (χ0v) is 10.9. The van der Waals surface area contributed by atoms with Crippen molar-refractivity contribution in [2.45, 2.75) is 18.3 Å². The number of fused-ring (bicyclic) bond motifs is 1. The van der Waals surface area contributed by atoms with Gasteiger partial charge in [0.2, 0.25) is 0 Å². The first-order valence-electron chi connectivity index (χ1n) is 5.39. The molecule has 0 bridgehead atoms. The third-order valence-electron chi connectivity index (χ3n) is 2.61. The van der Waals surface area contributed by atoms with E-state index in [0.717, 1.165) is 11.1 Å². The van der Waals surface area contributed by atoms with Crippen molar-refractivity contribution in [3.8, 4) is 0 Å². The fraction of sp³-hybridized carbons (Fsp3) is 0.417. The van der Waals surface area contributed by atoms with Gasteiger partial charge >= 0.3 is 5.97 Å². The van der Waals surface area contributed by atoms with Gasteiger partial charge in [0.05, 0.1) is 12.7 Å². The van der Waals surface area contributed by atoms with Crippen LogP contribution >= 0.6 is 23.4 Å². The van der Waals surface area contributed by atoms with E-state index in [2.05, 4.69) is 0 Å². The molecule has 1 aliphatic rings. The minimum atomic E-state index is -0.570. The van der Waals surface area contributed by atoms with Gasteiger partial charge in [-0.25, -0.2) is 0 Å². The summed E-state index contributed by atoms with van der Waals surface area (Å²) in [5.41, 5.74) is 1.53. The first-order chi connectivity index (χ1) is 8.13. The van der Waals surface area contributed by atoms with Gasteiger partial charge in [0, 0.05) is 10.8 Å². The van der Waals surface area contributed by atoms with Crippen molar-refractivity contribution in [1.82, 2.24) is 0 Å². The monoisotopic (exact) mass is 272 g/mol. The molecular formula is C12H13ClO3S. The Labute approximate surface area is 109 Å². The van der Waals surface area contributed by atoms with E-state index < -0.39 is 6.10 Å². The van der Waals surface area contributed by atoms with Gasteiger partial charge in [-0.2, -0.15) is 0 Å². The number of esters is 1. The summed E-state index contributed by atoms with van der Waals surface area (Å²) in [5.74, 6) is 0.226. The van der Waals surface area contributed by atoms with E-state index in [-0.39, 0.29) is 11.2 Å². The highest BCUT2D eigenvalue weighted by molar-refractivity contribution is 8.00. The van der Waals surface area contributed by atoms with Crippen LogP contribution in [0.15, 0.2) is 18.2 Å². The fourth-order valence-electron chi connectivity index (χ4n) is 1.85. The van der Waals surface area contributed by atoms with E-state index in [1.54, 1.807) is 25.1 Å². The highest BCUT2D eigenvalue weighted by Crippen LogP contribution is 2.42. The molecule has 2 unspecified atom stereocenters. The Kier molecular flexibility index (Phi) is 3.97. The molecule has 0 saturated heterocycles. The third kappa shape index (κ3) is 2.59. The van der Waals surface area contributed by atoms with Gasteiger partial charge in [0.25, 0.3) is 0 Å². The average Bonchev–Trinajstić information content (AvgIpc) is 2.30. The Morgan fingerprint density at radius 3 is 3.06 bits per heavy atom. The maximum absolute atomic E-state index is 11.8. The van der Waals surface area contributed by atoms with Crippen molar-refractivity contribution in [1.29, 1.82) is 0 Å². The Balaban J connectivity index is 2.35. The maximum Gasteiger partial charge on any atom is 0.323 e. The second-order valence-corrected chi connectivity index (χ2v) is 5.33. The zero-order chi connectivity index (χ0) is 12.4. The molecule has 5 heteroatoms. The van der Waals surface area contributed by atoms with Crippen LogP contribution in [0, 0.1) is 0 Å². The molecule has 1 N–H and O–H groups in total. The molecular weight excluding hydrogens is 260 g/mol. The van der Waals surface area contributed by atoms with Gasteiger partial charge in [-0.3, -0.25) is 4.79 Å². The van der Waals surface area contributed by atoms with Crippen molar-refractivity contribution >= 4 is 29.3 Å². The molecule has 1 heterocycles. The Hall–Kier alpha value is -0.710. The molecule has 2 rings (SSSR count). The second-order valence-electron chi connectivity index (χ2n) is 3.75. The van der Waals surface area contributed by atoms with Crippen LogP contribution in [-0.4, -0.2) is 23.4 Å². The smallest absolute Gasteiger partial charge is 0.323 e. The zero-order valence-electron chi connectivity index (χ0n) is 9.35. The summed E-state index contributed by atoms with van der Waals surface area (Å²) in [7, 11) is 0. The summed E-state index contributed by atoms with van der Waals surface area (Å²) in [4.78, 5) is 11.8. The number of aliphatic hydroxyl groups excluding tert-OH is 1.